The molecular formula is C20H15N3O5. The van der Waals surface area contributed by atoms with Gasteiger partial charge in [-0.1, -0.05) is 12.1 Å². The highest BCUT2D eigenvalue weighted by molar-refractivity contribution is 6.50. The van der Waals surface area contributed by atoms with E-state index >= 15 is 0 Å². The maximum absolute atomic E-state index is 12.6. The molecule has 0 atom stereocenters. The number of hydrogen-bond acceptors (Lipinski definition) is 5. The Morgan fingerprint density at radius 2 is 1.82 bits per heavy atom. The summed E-state index contributed by atoms with van der Waals surface area (Å²) in [5.41, 5.74) is 1.87. The molecule has 0 saturated carbocycles. The van der Waals surface area contributed by atoms with Crippen molar-refractivity contribution in [1.29, 1.82) is 0 Å². The van der Waals surface area contributed by atoms with Crippen LogP contribution in [0.2, 0.25) is 0 Å². The van der Waals surface area contributed by atoms with E-state index in [4.69, 9.17) is 4.74 Å². The van der Waals surface area contributed by atoms with E-state index in [2.05, 4.69) is 5.32 Å². The van der Waals surface area contributed by atoms with Crippen molar-refractivity contribution in [3.8, 4) is 5.75 Å². The van der Waals surface area contributed by atoms with Gasteiger partial charge in [-0.3, -0.25) is 25.0 Å². The molecule has 2 aromatic carbocycles. The lowest BCUT2D eigenvalue weighted by molar-refractivity contribution is -0.384. The van der Waals surface area contributed by atoms with E-state index in [1.54, 1.807) is 25.4 Å². The summed E-state index contributed by atoms with van der Waals surface area (Å²) in [7, 11) is 3.38. The number of non-ortho nitro benzene ring substituents is 1. The van der Waals surface area contributed by atoms with Crippen LogP contribution >= 0.6 is 0 Å². The van der Waals surface area contributed by atoms with Crippen molar-refractivity contribution in [1.82, 2.24) is 9.88 Å². The Hall–Kier alpha value is -3.94. The van der Waals surface area contributed by atoms with Crippen LogP contribution in [0.1, 0.15) is 11.1 Å². The monoisotopic (exact) mass is 377 g/mol. The van der Waals surface area contributed by atoms with Gasteiger partial charge in [0.05, 0.1) is 23.2 Å². The molecule has 28 heavy (non-hydrogen) atoms. The Kier molecular flexibility index (Phi) is 3.96. The van der Waals surface area contributed by atoms with E-state index in [0.717, 1.165) is 10.9 Å². The number of aryl methyl sites for hydroxylation is 1. The van der Waals surface area contributed by atoms with Crippen molar-refractivity contribution in [2.24, 2.45) is 7.05 Å². The fourth-order valence-electron chi connectivity index (χ4n) is 3.46. The van der Waals surface area contributed by atoms with Crippen LogP contribution in [0.4, 0.5) is 5.69 Å². The zero-order valence-electron chi connectivity index (χ0n) is 15.1. The Bertz CT molecular complexity index is 1210. The lowest BCUT2D eigenvalue weighted by Gasteiger charge is -2.05. The van der Waals surface area contributed by atoms with Crippen molar-refractivity contribution in [3.63, 3.8) is 0 Å². The van der Waals surface area contributed by atoms with Gasteiger partial charge in [0, 0.05) is 41.8 Å². The maximum atomic E-state index is 12.6. The average molecular weight is 377 g/mol. The Morgan fingerprint density at radius 3 is 2.54 bits per heavy atom. The van der Waals surface area contributed by atoms with Crippen molar-refractivity contribution in [2.75, 3.05) is 7.11 Å². The fourth-order valence-corrected chi connectivity index (χ4v) is 3.46. The topological polar surface area (TPSA) is 103 Å². The van der Waals surface area contributed by atoms with Gasteiger partial charge in [-0.25, -0.2) is 0 Å². The standard InChI is InChI=1S/C20H15N3O5/c1-22-10-15(14-9-13(28-2)6-7-16(14)22)18-17(19(24)21-20(18)25)11-4-3-5-12(8-11)23(26)27/h3-10H,1-2H3,(H,21,24,25). The number of nitrogens with zero attached hydrogens (tertiary/aromatic N) is 2. The summed E-state index contributed by atoms with van der Waals surface area (Å²) >= 11 is 0. The largest absolute Gasteiger partial charge is 0.497 e. The molecular weight excluding hydrogens is 362 g/mol. The summed E-state index contributed by atoms with van der Waals surface area (Å²) < 4.78 is 7.13. The molecule has 2 amide bonds. The van der Waals surface area contributed by atoms with E-state index in [0.29, 0.717) is 16.9 Å². The third kappa shape index (κ3) is 2.62. The van der Waals surface area contributed by atoms with Gasteiger partial charge in [0.25, 0.3) is 17.5 Å². The van der Waals surface area contributed by atoms with Gasteiger partial charge in [0.2, 0.25) is 0 Å². The minimum Gasteiger partial charge on any atom is -0.497 e. The molecule has 2 heterocycles. The number of methoxy groups -OCH3 is 1. The summed E-state index contributed by atoms with van der Waals surface area (Å²) in [6.07, 6.45) is 1.76. The van der Waals surface area contributed by atoms with Crippen LogP contribution in [0.5, 0.6) is 5.75 Å². The first-order chi connectivity index (χ1) is 13.4. The molecule has 0 fully saturated rings. The predicted molar refractivity (Wildman–Crippen MR) is 103 cm³/mol. The van der Waals surface area contributed by atoms with Gasteiger partial charge in [-0.05, 0) is 23.8 Å². The number of rotatable bonds is 4. The average Bonchev–Trinajstić information content (AvgIpc) is 3.16. The van der Waals surface area contributed by atoms with Crippen LogP contribution in [0.3, 0.4) is 0 Å². The number of fused-ring (bicyclic) bond motifs is 1. The smallest absolute Gasteiger partial charge is 0.270 e. The minimum atomic E-state index is -0.583. The Labute approximate surface area is 159 Å². The van der Waals surface area contributed by atoms with Gasteiger partial charge in [-0.15, -0.1) is 0 Å². The summed E-state index contributed by atoms with van der Waals surface area (Å²) in [4.78, 5) is 35.7. The minimum absolute atomic E-state index is 0.115. The number of carbonyl (C=O) groups is 2. The highest BCUT2D eigenvalue weighted by atomic mass is 16.6. The lowest BCUT2D eigenvalue weighted by Crippen LogP contribution is -2.22. The van der Waals surface area contributed by atoms with Crippen molar-refractivity contribution < 1.29 is 19.2 Å². The third-order valence-electron chi connectivity index (χ3n) is 4.74. The maximum Gasteiger partial charge on any atom is 0.270 e. The zero-order chi connectivity index (χ0) is 20.0. The number of aromatic nitrogens is 1. The molecule has 0 bridgehead atoms. The van der Waals surface area contributed by atoms with Crippen LogP contribution in [-0.2, 0) is 16.6 Å². The first-order valence-electron chi connectivity index (χ1n) is 8.39. The molecule has 1 aromatic heterocycles. The predicted octanol–water partition coefficient (Wildman–Crippen LogP) is 2.66. The zero-order valence-corrected chi connectivity index (χ0v) is 15.1. The fraction of sp³-hybridized carbons (Fsp3) is 0.100. The number of nitro groups is 1. The van der Waals surface area contributed by atoms with Gasteiger partial charge in [0.1, 0.15) is 5.75 Å². The molecule has 1 aliphatic rings. The molecule has 0 saturated heterocycles. The highest BCUT2D eigenvalue weighted by Crippen LogP contribution is 2.37. The number of carbonyl (C=O) groups excluding carboxylic acids is 2. The molecule has 4 rings (SSSR count). The van der Waals surface area contributed by atoms with Crippen LogP contribution in [0.15, 0.2) is 48.7 Å². The highest BCUT2D eigenvalue weighted by Gasteiger charge is 2.34. The van der Waals surface area contributed by atoms with Crippen LogP contribution in [0, 0.1) is 10.1 Å². The third-order valence-corrected chi connectivity index (χ3v) is 4.74. The first kappa shape index (κ1) is 17.5. The van der Waals surface area contributed by atoms with Crippen LogP contribution in [-0.4, -0.2) is 28.4 Å². The Morgan fingerprint density at radius 1 is 1.07 bits per heavy atom. The van der Waals surface area contributed by atoms with Crippen molar-refractivity contribution in [2.45, 2.75) is 0 Å². The van der Waals surface area contributed by atoms with E-state index in [9.17, 15) is 19.7 Å². The molecule has 0 spiro atoms. The number of nitrogens with one attached hydrogen (secondary N) is 1. The van der Waals surface area contributed by atoms with Crippen LogP contribution in [0.25, 0.3) is 22.0 Å². The number of hydrogen-bond donors (Lipinski definition) is 1. The van der Waals surface area contributed by atoms with Crippen molar-refractivity contribution in [3.05, 3.63) is 69.9 Å². The second-order valence-electron chi connectivity index (χ2n) is 6.38. The van der Waals surface area contributed by atoms with E-state index in [1.165, 1.54) is 18.2 Å². The molecule has 0 unspecified atom stereocenters. The lowest BCUT2D eigenvalue weighted by atomic mass is 9.95. The van der Waals surface area contributed by atoms with Gasteiger partial charge >= 0.3 is 0 Å². The van der Waals surface area contributed by atoms with E-state index in [-0.39, 0.29) is 16.8 Å². The summed E-state index contributed by atoms with van der Waals surface area (Å²) in [6.45, 7) is 0. The molecule has 140 valence electrons. The quantitative estimate of drug-likeness (QED) is 0.428. The molecule has 0 radical (unpaired) electrons. The first-order valence-corrected chi connectivity index (χ1v) is 8.39. The second kappa shape index (κ2) is 6.34. The normalized spacial score (nSPS) is 13.9. The number of benzene rings is 2. The summed E-state index contributed by atoms with van der Waals surface area (Å²) in [6, 6.07) is 11.1. The van der Waals surface area contributed by atoms with Gasteiger partial charge < -0.3 is 9.30 Å². The van der Waals surface area contributed by atoms with Gasteiger partial charge in [-0.2, -0.15) is 0 Å². The van der Waals surface area contributed by atoms with Crippen molar-refractivity contribution >= 4 is 39.6 Å². The molecule has 1 N–H and O–H groups in total. The molecule has 8 heteroatoms. The number of amides is 2. The Balaban J connectivity index is 2.02. The van der Waals surface area contributed by atoms with Crippen LogP contribution < -0.4 is 10.1 Å². The molecule has 1 aliphatic heterocycles. The number of imide groups is 1. The number of ether oxygens (including phenoxy) is 1. The number of nitro benzene ring substituents is 1. The molecule has 0 aliphatic carbocycles. The molecule has 3 aromatic rings. The molecule has 8 nitrogen and oxygen atoms in total. The van der Waals surface area contributed by atoms with E-state index < -0.39 is 16.7 Å². The summed E-state index contributed by atoms with van der Waals surface area (Å²) in [5, 5.41) is 14.2. The SMILES string of the molecule is COc1ccc2c(c1)c(C1=C(c3cccc([N+](=O)[O-])c3)C(=O)NC1=O)cn2C. The second-order valence-corrected chi connectivity index (χ2v) is 6.38. The van der Waals surface area contributed by atoms with Gasteiger partial charge in [0.15, 0.2) is 0 Å². The van der Waals surface area contributed by atoms with E-state index in [1.807, 2.05) is 23.7 Å². The summed E-state index contributed by atoms with van der Waals surface area (Å²) in [5.74, 6) is -0.510.